The Kier molecular flexibility index (Phi) is 4.08. The van der Waals surface area contributed by atoms with Crippen molar-refractivity contribution in [3.63, 3.8) is 0 Å². The molecule has 5 aliphatic rings. The second-order valence-corrected chi connectivity index (χ2v) is 9.27. The highest BCUT2D eigenvalue weighted by Crippen LogP contribution is 2.68. The fourth-order valence-corrected chi connectivity index (χ4v) is 7.32. The summed E-state index contributed by atoms with van der Waals surface area (Å²) in [6, 6.07) is 0. The van der Waals surface area contributed by atoms with Crippen molar-refractivity contribution >= 4 is 0 Å². The van der Waals surface area contributed by atoms with Crippen molar-refractivity contribution in [2.75, 3.05) is 6.61 Å². The first-order valence-electron chi connectivity index (χ1n) is 10.4. The Hall–Kier alpha value is -0.0800. The van der Waals surface area contributed by atoms with E-state index in [1.54, 1.807) is 0 Å². The van der Waals surface area contributed by atoms with Crippen molar-refractivity contribution in [2.45, 2.75) is 90.3 Å². The SMILES string of the molecule is CC.C[C@@]12C[C@@H]3CC[C@H]4C[C@H](O)CC[C@@H]4[C@H]3C[C@H]1CC[C@]21CO1. The van der Waals surface area contributed by atoms with Crippen LogP contribution in [0.25, 0.3) is 0 Å². The maximum atomic E-state index is 10.00. The molecule has 1 aliphatic heterocycles. The Balaban J connectivity index is 0.000000652. The monoisotopic (exact) mass is 320 g/mol. The van der Waals surface area contributed by atoms with Crippen LogP contribution < -0.4 is 0 Å². The normalized spacial score (nSPS) is 56.9. The Morgan fingerprint density at radius 1 is 0.913 bits per heavy atom. The van der Waals surface area contributed by atoms with Crippen LogP contribution in [-0.4, -0.2) is 23.4 Å². The fraction of sp³-hybridized carbons (Fsp3) is 1.00. The van der Waals surface area contributed by atoms with Gasteiger partial charge in [-0.2, -0.15) is 0 Å². The van der Waals surface area contributed by atoms with Gasteiger partial charge in [-0.05, 0) is 87.4 Å². The molecule has 4 aliphatic carbocycles. The summed E-state index contributed by atoms with van der Waals surface area (Å²) < 4.78 is 6.00. The lowest BCUT2D eigenvalue weighted by Gasteiger charge is -2.55. The van der Waals surface area contributed by atoms with Crippen LogP contribution in [0.3, 0.4) is 0 Å². The Bertz CT molecular complexity index is 443. The number of hydrogen-bond donors (Lipinski definition) is 1. The predicted octanol–water partition coefficient (Wildman–Crippen LogP) is 4.80. The summed E-state index contributed by atoms with van der Waals surface area (Å²) in [5.74, 6) is 4.64. The van der Waals surface area contributed by atoms with Gasteiger partial charge in [0, 0.05) is 5.41 Å². The van der Waals surface area contributed by atoms with Crippen LogP contribution in [0.2, 0.25) is 0 Å². The van der Waals surface area contributed by atoms with Crippen LogP contribution in [0.5, 0.6) is 0 Å². The lowest BCUT2D eigenvalue weighted by Crippen LogP contribution is -2.49. The van der Waals surface area contributed by atoms with Gasteiger partial charge in [0.15, 0.2) is 0 Å². The summed E-state index contributed by atoms with van der Waals surface area (Å²) in [5, 5.41) is 10.00. The molecular formula is C21H36O2. The predicted molar refractivity (Wildman–Crippen MR) is 93.1 cm³/mol. The summed E-state index contributed by atoms with van der Waals surface area (Å²) in [5.41, 5.74) is 0.803. The molecule has 1 heterocycles. The number of aliphatic hydroxyl groups excluding tert-OH is 1. The van der Waals surface area contributed by atoms with Crippen LogP contribution in [-0.2, 0) is 4.74 Å². The van der Waals surface area contributed by atoms with Gasteiger partial charge in [0.25, 0.3) is 0 Å². The number of epoxide rings is 1. The van der Waals surface area contributed by atoms with Crippen LogP contribution in [0, 0.1) is 35.0 Å². The lowest BCUT2D eigenvalue weighted by molar-refractivity contribution is -0.0719. The smallest absolute Gasteiger partial charge is 0.0972 e. The molecule has 8 atom stereocenters. The quantitative estimate of drug-likeness (QED) is 0.651. The van der Waals surface area contributed by atoms with Gasteiger partial charge in [-0.1, -0.05) is 20.8 Å². The van der Waals surface area contributed by atoms with E-state index in [4.69, 9.17) is 4.74 Å². The third-order valence-corrected chi connectivity index (χ3v) is 8.65. The molecule has 2 nitrogen and oxygen atoms in total. The molecule has 0 aromatic carbocycles. The zero-order valence-corrected chi connectivity index (χ0v) is 15.4. The molecule has 2 heteroatoms. The van der Waals surface area contributed by atoms with E-state index < -0.39 is 0 Å². The van der Waals surface area contributed by atoms with Gasteiger partial charge < -0.3 is 9.84 Å². The van der Waals surface area contributed by atoms with E-state index in [2.05, 4.69) is 6.92 Å². The molecule has 1 N–H and O–H groups in total. The van der Waals surface area contributed by atoms with Crippen molar-refractivity contribution in [3.8, 4) is 0 Å². The zero-order chi connectivity index (χ0) is 16.2. The van der Waals surface area contributed by atoms with E-state index in [0.29, 0.717) is 11.0 Å². The third-order valence-electron chi connectivity index (χ3n) is 8.65. The third kappa shape index (κ3) is 2.34. The molecule has 0 radical (unpaired) electrons. The van der Waals surface area contributed by atoms with E-state index in [0.717, 1.165) is 49.0 Å². The Morgan fingerprint density at radius 2 is 1.65 bits per heavy atom. The molecule has 0 aromatic rings. The molecule has 4 saturated carbocycles. The molecule has 5 rings (SSSR count). The lowest BCUT2D eigenvalue weighted by atomic mass is 9.50. The Labute approximate surface area is 142 Å². The van der Waals surface area contributed by atoms with E-state index in [1.807, 2.05) is 13.8 Å². The van der Waals surface area contributed by atoms with Crippen LogP contribution in [0.1, 0.15) is 78.6 Å². The molecule has 23 heavy (non-hydrogen) atoms. The molecule has 0 bridgehead atoms. The minimum atomic E-state index is 0.00581. The highest BCUT2D eigenvalue weighted by atomic mass is 16.6. The fourth-order valence-electron chi connectivity index (χ4n) is 7.32. The van der Waals surface area contributed by atoms with Gasteiger partial charge in [0.05, 0.1) is 18.3 Å². The average Bonchev–Trinajstić information content (AvgIpc) is 3.30. The average molecular weight is 321 g/mol. The van der Waals surface area contributed by atoms with E-state index >= 15 is 0 Å². The van der Waals surface area contributed by atoms with E-state index in [1.165, 1.54) is 44.9 Å². The van der Waals surface area contributed by atoms with Crippen LogP contribution in [0.4, 0.5) is 0 Å². The number of ether oxygens (including phenoxy) is 1. The van der Waals surface area contributed by atoms with Crippen molar-refractivity contribution in [3.05, 3.63) is 0 Å². The number of hydrogen-bond acceptors (Lipinski definition) is 2. The minimum Gasteiger partial charge on any atom is -0.393 e. The molecule has 0 unspecified atom stereocenters. The summed E-state index contributed by atoms with van der Waals surface area (Å²) in [6.07, 6.45) is 12.0. The number of rotatable bonds is 0. The van der Waals surface area contributed by atoms with Gasteiger partial charge in [0.1, 0.15) is 0 Å². The van der Waals surface area contributed by atoms with Crippen LogP contribution in [0.15, 0.2) is 0 Å². The van der Waals surface area contributed by atoms with Gasteiger partial charge in [0.2, 0.25) is 0 Å². The van der Waals surface area contributed by atoms with Crippen molar-refractivity contribution in [1.82, 2.24) is 0 Å². The summed E-state index contributed by atoms with van der Waals surface area (Å²) >= 11 is 0. The van der Waals surface area contributed by atoms with Crippen molar-refractivity contribution in [2.24, 2.45) is 35.0 Å². The number of aliphatic hydroxyl groups is 1. The molecule has 1 spiro atoms. The summed E-state index contributed by atoms with van der Waals surface area (Å²) in [7, 11) is 0. The first-order chi connectivity index (χ1) is 11.1. The van der Waals surface area contributed by atoms with Crippen molar-refractivity contribution < 1.29 is 9.84 Å². The summed E-state index contributed by atoms with van der Waals surface area (Å²) in [4.78, 5) is 0. The first kappa shape index (κ1) is 16.4. The van der Waals surface area contributed by atoms with E-state index in [9.17, 15) is 5.11 Å². The topological polar surface area (TPSA) is 32.8 Å². The molecule has 132 valence electrons. The number of fused-ring (bicyclic) bond motifs is 5. The highest BCUT2D eigenvalue weighted by Gasteiger charge is 2.68. The van der Waals surface area contributed by atoms with Gasteiger partial charge in [-0.3, -0.25) is 0 Å². The molecular weight excluding hydrogens is 284 g/mol. The standard InChI is InChI=1S/C19H30O2.C2H6/c1-18-10-13-3-2-12-8-15(20)4-5-16(12)17(13)9-14(18)6-7-19(18)11-21-19;1-2/h12-17,20H,2-11H2,1H3;1-2H3/t12-,13-,14+,15+,16-,17-,18+,19-;/m0./s1. The van der Waals surface area contributed by atoms with Gasteiger partial charge >= 0.3 is 0 Å². The zero-order valence-electron chi connectivity index (χ0n) is 15.4. The highest BCUT2D eigenvalue weighted by molar-refractivity contribution is 5.16. The largest absolute Gasteiger partial charge is 0.393 e. The van der Waals surface area contributed by atoms with Gasteiger partial charge in [-0.15, -0.1) is 0 Å². The van der Waals surface area contributed by atoms with Crippen LogP contribution >= 0.6 is 0 Å². The second kappa shape index (κ2) is 5.73. The van der Waals surface area contributed by atoms with Crippen molar-refractivity contribution in [1.29, 1.82) is 0 Å². The molecule has 5 fully saturated rings. The van der Waals surface area contributed by atoms with E-state index in [-0.39, 0.29) is 6.10 Å². The first-order valence-corrected chi connectivity index (χ1v) is 10.4. The molecule has 1 saturated heterocycles. The maximum Gasteiger partial charge on any atom is 0.0972 e. The van der Waals surface area contributed by atoms with Gasteiger partial charge in [-0.25, -0.2) is 0 Å². The molecule has 0 amide bonds. The summed E-state index contributed by atoms with van der Waals surface area (Å²) in [6.45, 7) is 7.61. The minimum absolute atomic E-state index is 0.00581. The maximum absolute atomic E-state index is 10.00. The second-order valence-electron chi connectivity index (χ2n) is 9.27. The Morgan fingerprint density at radius 3 is 2.39 bits per heavy atom. The molecule has 0 aromatic heterocycles.